The maximum absolute atomic E-state index is 12.1. The van der Waals surface area contributed by atoms with E-state index in [4.69, 9.17) is 4.74 Å². The summed E-state index contributed by atoms with van der Waals surface area (Å²) in [5.41, 5.74) is -0.399. The van der Waals surface area contributed by atoms with Crippen molar-refractivity contribution in [3.63, 3.8) is 0 Å². The molecule has 1 amide bonds. The lowest BCUT2D eigenvalue weighted by Crippen LogP contribution is -2.35. The zero-order valence-corrected chi connectivity index (χ0v) is 14.2. The van der Waals surface area contributed by atoms with E-state index in [1.165, 1.54) is 22.7 Å². The van der Waals surface area contributed by atoms with Crippen LogP contribution in [0.25, 0.3) is 0 Å². The predicted octanol–water partition coefficient (Wildman–Crippen LogP) is 2.46. The minimum Gasteiger partial charge on any atom is -0.478 e. The first kappa shape index (κ1) is 17.6. The molecule has 1 heterocycles. The Hall–Kier alpha value is -1.73. The quantitative estimate of drug-likeness (QED) is 0.880. The van der Waals surface area contributed by atoms with E-state index in [1.807, 2.05) is 0 Å². The van der Waals surface area contributed by atoms with Crippen LogP contribution in [0.2, 0.25) is 0 Å². The molecule has 1 saturated heterocycles. The van der Waals surface area contributed by atoms with Gasteiger partial charge in [-0.2, -0.15) is 0 Å². The second-order valence-electron chi connectivity index (χ2n) is 6.41. The maximum Gasteiger partial charge on any atom is 0.410 e. The third kappa shape index (κ3) is 4.62. The Kier molecular flexibility index (Phi) is 5.21. The van der Waals surface area contributed by atoms with E-state index in [0.29, 0.717) is 11.4 Å². The standard InChI is InChI=1S/C16H21NO5S/c1-16(2,3)22-15(21)17-8-11(18)13(9-17)23-12-7-5-4-6-10(12)14(19)20/h4-7,11,13,18H,8-9H2,1-3H3,(H,19,20)/t11-,13-/m1/s1. The van der Waals surface area contributed by atoms with Crippen molar-refractivity contribution in [3.05, 3.63) is 29.8 Å². The molecule has 0 saturated carbocycles. The fourth-order valence-corrected chi connectivity index (χ4v) is 3.52. The van der Waals surface area contributed by atoms with Crippen LogP contribution in [-0.2, 0) is 4.74 Å². The summed E-state index contributed by atoms with van der Waals surface area (Å²) in [4.78, 5) is 25.3. The number of likely N-dealkylation sites (tertiary alicyclic amines) is 1. The summed E-state index contributed by atoms with van der Waals surface area (Å²) in [6.45, 7) is 5.85. The minimum atomic E-state index is -1.01. The summed E-state index contributed by atoms with van der Waals surface area (Å²) in [6, 6.07) is 6.64. The summed E-state index contributed by atoms with van der Waals surface area (Å²) < 4.78 is 5.30. The SMILES string of the molecule is CC(C)(C)OC(=O)N1C[C@@H](O)[C@H](Sc2ccccc2C(=O)O)C1. The van der Waals surface area contributed by atoms with Crippen molar-refractivity contribution in [2.24, 2.45) is 0 Å². The van der Waals surface area contributed by atoms with Crippen LogP contribution >= 0.6 is 11.8 Å². The first-order valence-electron chi connectivity index (χ1n) is 7.32. The van der Waals surface area contributed by atoms with E-state index in [-0.39, 0.29) is 17.4 Å². The number of carbonyl (C=O) groups excluding carboxylic acids is 1. The molecule has 126 valence electrons. The molecule has 0 spiro atoms. The molecule has 1 aromatic carbocycles. The molecule has 0 aromatic heterocycles. The van der Waals surface area contributed by atoms with E-state index in [9.17, 15) is 19.8 Å². The van der Waals surface area contributed by atoms with Crippen LogP contribution in [0.5, 0.6) is 0 Å². The number of carbonyl (C=O) groups is 2. The number of aromatic carboxylic acids is 1. The fourth-order valence-electron chi connectivity index (χ4n) is 2.26. The number of aliphatic hydroxyl groups excluding tert-OH is 1. The van der Waals surface area contributed by atoms with Crippen LogP contribution in [0.15, 0.2) is 29.2 Å². The Balaban J connectivity index is 2.06. The predicted molar refractivity (Wildman–Crippen MR) is 86.9 cm³/mol. The van der Waals surface area contributed by atoms with Crippen molar-refractivity contribution in [2.45, 2.75) is 42.6 Å². The molecule has 1 aliphatic heterocycles. The normalized spacial score (nSPS) is 21.3. The molecule has 6 nitrogen and oxygen atoms in total. The highest BCUT2D eigenvalue weighted by atomic mass is 32.2. The van der Waals surface area contributed by atoms with Gasteiger partial charge in [-0.25, -0.2) is 9.59 Å². The van der Waals surface area contributed by atoms with Crippen molar-refractivity contribution < 1.29 is 24.5 Å². The van der Waals surface area contributed by atoms with Crippen molar-refractivity contribution in [2.75, 3.05) is 13.1 Å². The third-order valence-corrected chi connectivity index (χ3v) is 4.66. The minimum absolute atomic E-state index is 0.182. The van der Waals surface area contributed by atoms with Crippen LogP contribution in [0, 0.1) is 0 Å². The topological polar surface area (TPSA) is 87.1 Å². The fraction of sp³-hybridized carbons (Fsp3) is 0.500. The number of rotatable bonds is 3. The second kappa shape index (κ2) is 6.80. The zero-order chi connectivity index (χ0) is 17.2. The molecule has 0 aliphatic carbocycles. The van der Waals surface area contributed by atoms with Crippen LogP contribution in [0.4, 0.5) is 4.79 Å². The number of nitrogens with zero attached hydrogens (tertiary/aromatic N) is 1. The summed E-state index contributed by atoms with van der Waals surface area (Å²) >= 11 is 1.27. The van der Waals surface area contributed by atoms with E-state index < -0.39 is 23.8 Å². The number of amides is 1. The molecule has 0 unspecified atom stereocenters. The molecule has 1 fully saturated rings. The molecule has 7 heteroatoms. The smallest absolute Gasteiger partial charge is 0.410 e. The van der Waals surface area contributed by atoms with Crippen molar-refractivity contribution >= 4 is 23.8 Å². The van der Waals surface area contributed by atoms with Gasteiger partial charge in [-0.1, -0.05) is 12.1 Å². The van der Waals surface area contributed by atoms with Crippen LogP contribution in [-0.4, -0.2) is 57.2 Å². The summed E-state index contributed by atoms with van der Waals surface area (Å²) in [5.74, 6) is -1.01. The second-order valence-corrected chi connectivity index (χ2v) is 7.69. The lowest BCUT2D eigenvalue weighted by molar-refractivity contribution is 0.0270. The molecule has 2 N–H and O–H groups in total. The summed E-state index contributed by atoms with van der Waals surface area (Å²) in [6.07, 6.45) is -1.19. The number of benzene rings is 1. The Morgan fingerprint density at radius 2 is 1.91 bits per heavy atom. The van der Waals surface area contributed by atoms with Crippen LogP contribution < -0.4 is 0 Å². The molecule has 2 rings (SSSR count). The Morgan fingerprint density at radius 3 is 2.52 bits per heavy atom. The first-order valence-corrected chi connectivity index (χ1v) is 8.20. The number of hydrogen-bond acceptors (Lipinski definition) is 5. The molecule has 0 radical (unpaired) electrons. The molecular weight excluding hydrogens is 318 g/mol. The van der Waals surface area contributed by atoms with Gasteiger partial charge in [0.15, 0.2) is 0 Å². The lowest BCUT2D eigenvalue weighted by atomic mass is 10.2. The average Bonchev–Trinajstić information content (AvgIpc) is 2.79. The van der Waals surface area contributed by atoms with Gasteiger partial charge in [0.1, 0.15) is 5.60 Å². The molecule has 1 aliphatic rings. The number of carboxylic acids is 1. The highest BCUT2D eigenvalue weighted by Crippen LogP contribution is 2.32. The van der Waals surface area contributed by atoms with Crippen molar-refractivity contribution in [3.8, 4) is 0 Å². The van der Waals surface area contributed by atoms with Gasteiger partial charge in [-0.05, 0) is 32.9 Å². The van der Waals surface area contributed by atoms with Gasteiger partial charge in [0, 0.05) is 11.4 Å². The van der Waals surface area contributed by atoms with E-state index >= 15 is 0 Å². The summed E-state index contributed by atoms with van der Waals surface area (Å²) in [7, 11) is 0. The van der Waals surface area contributed by atoms with Gasteiger partial charge in [-0.3, -0.25) is 0 Å². The lowest BCUT2D eigenvalue weighted by Gasteiger charge is -2.24. The zero-order valence-electron chi connectivity index (χ0n) is 13.4. The van der Waals surface area contributed by atoms with Gasteiger partial charge in [0.25, 0.3) is 0 Å². The monoisotopic (exact) mass is 339 g/mol. The van der Waals surface area contributed by atoms with Gasteiger partial charge in [0.2, 0.25) is 0 Å². The number of aliphatic hydroxyl groups is 1. The largest absolute Gasteiger partial charge is 0.478 e. The van der Waals surface area contributed by atoms with Gasteiger partial charge >= 0.3 is 12.1 Å². The molecule has 2 atom stereocenters. The number of thioether (sulfide) groups is 1. The number of β-amino-alcohol motifs (C(OH)–C–C–N with tert-alkyl or cyclic N) is 1. The Bertz CT molecular complexity index is 598. The highest BCUT2D eigenvalue weighted by molar-refractivity contribution is 8.00. The first-order chi connectivity index (χ1) is 10.7. The Morgan fingerprint density at radius 1 is 1.26 bits per heavy atom. The molecular formula is C16H21NO5S. The highest BCUT2D eigenvalue weighted by Gasteiger charge is 2.37. The number of ether oxygens (including phenoxy) is 1. The molecule has 23 heavy (non-hydrogen) atoms. The molecule has 0 bridgehead atoms. The van der Waals surface area contributed by atoms with Gasteiger partial charge in [-0.15, -0.1) is 11.8 Å². The number of hydrogen-bond donors (Lipinski definition) is 2. The Labute approximate surface area is 139 Å². The average molecular weight is 339 g/mol. The van der Waals surface area contributed by atoms with Gasteiger partial charge < -0.3 is 19.8 Å². The summed E-state index contributed by atoms with van der Waals surface area (Å²) in [5, 5.41) is 19.1. The number of carboxylic acid groups (broad SMARTS) is 1. The molecule has 1 aromatic rings. The van der Waals surface area contributed by atoms with E-state index in [0.717, 1.165) is 0 Å². The van der Waals surface area contributed by atoms with Crippen molar-refractivity contribution in [1.82, 2.24) is 4.90 Å². The van der Waals surface area contributed by atoms with Gasteiger partial charge in [0.05, 0.1) is 23.5 Å². The van der Waals surface area contributed by atoms with E-state index in [2.05, 4.69) is 0 Å². The van der Waals surface area contributed by atoms with Crippen LogP contribution in [0.1, 0.15) is 31.1 Å². The van der Waals surface area contributed by atoms with Crippen LogP contribution in [0.3, 0.4) is 0 Å². The van der Waals surface area contributed by atoms with E-state index in [1.54, 1.807) is 39.0 Å². The maximum atomic E-state index is 12.1. The third-order valence-electron chi connectivity index (χ3n) is 3.28. The van der Waals surface area contributed by atoms with Crippen molar-refractivity contribution in [1.29, 1.82) is 0 Å².